The van der Waals surface area contributed by atoms with E-state index in [0.717, 1.165) is 17.9 Å². The Bertz CT molecular complexity index is 912. The molecule has 0 radical (unpaired) electrons. The number of ether oxygens (including phenoxy) is 1. The molecule has 1 aliphatic rings. The molecule has 3 nitrogen and oxygen atoms in total. The van der Waals surface area contributed by atoms with Crippen LogP contribution in [-0.4, -0.2) is 9.97 Å². The van der Waals surface area contributed by atoms with Gasteiger partial charge in [0, 0.05) is 24.4 Å². The molecule has 1 N–H and O–H groups in total. The van der Waals surface area contributed by atoms with E-state index in [4.69, 9.17) is 4.74 Å². The highest BCUT2D eigenvalue weighted by atomic mass is 16.5. The van der Waals surface area contributed by atoms with Gasteiger partial charge < -0.3 is 9.72 Å². The highest BCUT2D eigenvalue weighted by Gasteiger charge is 2.18. The van der Waals surface area contributed by atoms with Gasteiger partial charge in [0.25, 0.3) is 0 Å². The van der Waals surface area contributed by atoms with Crippen molar-refractivity contribution >= 4 is 10.8 Å². The second-order valence-corrected chi connectivity index (χ2v) is 5.41. The number of nitrogens with zero attached hydrogens (tertiary/aromatic N) is 1. The van der Waals surface area contributed by atoms with Gasteiger partial charge in [0.05, 0.1) is 6.33 Å². The van der Waals surface area contributed by atoms with Gasteiger partial charge in [-0.25, -0.2) is 4.98 Å². The van der Waals surface area contributed by atoms with E-state index in [2.05, 4.69) is 58.5 Å². The summed E-state index contributed by atoms with van der Waals surface area (Å²) in [6, 6.07) is 20.9. The topological polar surface area (TPSA) is 37.9 Å². The number of para-hydroxylation sites is 1. The standard InChI is InChI=1S/C17H12O.C3H4N2/c1-3-7-14-12(5-1)9-10-17-15(14)11-13-6-2-4-8-16(13)18-17;1-2-5-3-4-1/h1-10H,11H2;1-3H,(H,4,5). The third-order valence-electron chi connectivity index (χ3n) is 3.96. The number of aromatic nitrogens is 2. The van der Waals surface area contributed by atoms with E-state index in [1.807, 2.05) is 12.1 Å². The molecule has 23 heavy (non-hydrogen) atoms. The van der Waals surface area contributed by atoms with Crippen molar-refractivity contribution in [3.05, 3.63) is 90.5 Å². The van der Waals surface area contributed by atoms with Gasteiger partial charge in [0.2, 0.25) is 0 Å². The van der Waals surface area contributed by atoms with Gasteiger partial charge in [0.15, 0.2) is 0 Å². The highest BCUT2D eigenvalue weighted by Crippen LogP contribution is 2.39. The van der Waals surface area contributed by atoms with Crippen molar-refractivity contribution in [1.82, 2.24) is 9.97 Å². The van der Waals surface area contributed by atoms with Crippen molar-refractivity contribution in [3.8, 4) is 11.5 Å². The van der Waals surface area contributed by atoms with Crippen LogP contribution in [0.1, 0.15) is 11.1 Å². The van der Waals surface area contributed by atoms with Crippen LogP contribution in [0.3, 0.4) is 0 Å². The van der Waals surface area contributed by atoms with Crippen LogP contribution in [0, 0.1) is 0 Å². The van der Waals surface area contributed by atoms with Crippen molar-refractivity contribution < 1.29 is 4.74 Å². The third kappa shape index (κ3) is 2.69. The maximum Gasteiger partial charge on any atom is 0.131 e. The maximum atomic E-state index is 5.99. The van der Waals surface area contributed by atoms with Crippen LogP contribution < -0.4 is 4.74 Å². The van der Waals surface area contributed by atoms with E-state index >= 15 is 0 Å². The van der Waals surface area contributed by atoms with E-state index in [1.165, 1.54) is 21.9 Å². The smallest absolute Gasteiger partial charge is 0.131 e. The maximum absolute atomic E-state index is 5.99. The van der Waals surface area contributed by atoms with E-state index in [1.54, 1.807) is 18.7 Å². The number of H-pyrrole nitrogens is 1. The number of fused-ring (bicyclic) bond motifs is 4. The summed E-state index contributed by atoms with van der Waals surface area (Å²) < 4.78 is 5.99. The minimum Gasteiger partial charge on any atom is -0.457 e. The second kappa shape index (κ2) is 5.97. The van der Waals surface area contributed by atoms with E-state index in [9.17, 15) is 0 Å². The number of hydrogen-bond donors (Lipinski definition) is 1. The van der Waals surface area contributed by atoms with Crippen molar-refractivity contribution in [2.75, 3.05) is 0 Å². The molecule has 0 saturated carbocycles. The molecule has 1 aromatic heterocycles. The summed E-state index contributed by atoms with van der Waals surface area (Å²) >= 11 is 0. The average Bonchev–Trinajstić information content (AvgIpc) is 3.20. The predicted molar refractivity (Wildman–Crippen MR) is 91.9 cm³/mol. The fourth-order valence-corrected chi connectivity index (χ4v) is 2.87. The lowest BCUT2D eigenvalue weighted by Gasteiger charge is -2.21. The van der Waals surface area contributed by atoms with Crippen molar-refractivity contribution in [2.24, 2.45) is 0 Å². The van der Waals surface area contributed by atoms with Crippen LogP contribution in [0.25, 0.3) is 10.8 Å². The minimum absolute atomic E-state index is 0.951. The Balaban J connectivity index is 0.000000233. The molecule has 0 saturated heterocycles. The zero-order chi connectivity index (χ0) is 15.5. The molecule has 0 unspecified atom stereocenters. The highest BCUT2D eigenvalue weighted by molar-refractivity contribution is 5.88. The molecule has 0 spiro atoms. The predicted octanol–water partition coefficient (Wildman–Crippen LogP) is 4.95. The first kappa shape index (κ1) is 13.6. The Kier molecular flexibility index (Phi) is 3.53. The van der Waals surface area contributed by atoms with Gasteiger partial charge in [-0.2, -0.15) is 0 Å². The van der Waals surface area contributed by atoms with Crippen LogP contribution in [-0.2, 0) is 6.42 Å². The van der Waals surface area contributed by atoms with Gasteiger partial charge >= 0.3 is 0 Å². The quantitative estimate of drug-likeness (QED) is 0.439. The first-order valence-corrected chi connectivity index (χ1v) is 7.61. The number of aromatic amines is 1. The van der Waals surface area contributed by atoms with Crippen molar-refractivity contribution in [3.63, 3.8) is 0 Å². The Morgan fingerprint density at radius 3 is 2.57 bits per heavy atom. The number of nitrogens with one attached hydrogen (secondary N) is 1. The first-order valence-electron chi connectivity index (χ1n) is 7.61. The number of hydrogen-bond acceptors (Lipinski definition) is 2. The van der Waals surface area contributed by atoms with Crippen molar-refractivity contribution in [1.29, 1.82) is 0 Å². The van der Waals surface area contributed by atoms with E-state index in [-0.39, 0.29) is 0 Å². The summed E-state index contributed by atoms with van der Waals surface area (Å²) in [6.07, 6.45) is 6.03. The third-order valence-corrected chi connectivity index (χ3v) is 3.96. The van der Waals surface area contributed by atoms with Crippen LogP contribution >= 0.6 is 0 Å². The molecular weight excluding hydrogens is 284 g/mol. The molecule has 3 heteroatoms. The van der Waals surface area contributed by atoms with Crippen LogP contribution in [0.5, 0.6) is 11.5 Å². The Labute approximate surface area is 134 Å². The number of rotatable bonds is 0. The normalized spacial score (nSPS) is 11.7. The van der Waals surface area contributed by atoms with Crippen LogP contribution in [0.15, 0.2) is 79.4 Å². The zero-order valence-corrected chi connectivity index (χ0v) is 12.6. The molecule has 0 aliphatic carbocycles. The lowest BCUT2D eigenvalue weighted by molar-refractivity contribution is 0.461. The van der Waals surface area contributed by atoms with Gasteiger partial charge in [-0.3, -0.25) is 0 Å². The molecule has 5 rings (SSSR count). The molecular formula is C20H16N2O. The van der Waals surface area contributed by atoms with Crippen LogP contribution in [0.2, 0.25) is 0 Å². The second-order valence-electron chi connectivity index (χ2n) is 5.41. The fraction of sp³-hybridized carbons (Fsp3) is 0.0500. The summed E-state index contributed by atoms with van der Waals surface area (Å²) in [5.74, 6) is 1.98. The molecule has 2 heterocycles. The molecule has 3 aromatic carbocycles. The molecule has 4 aromatic rings. The summed E-state index contributed by atoms with van der Waals surface area (Å²) in [5.41, 5.74) is 2.56. The molecule has 0 amide bonds. The monoisotopic (exact) mass is 300 g/mol. The summed E-state index contributed by atoms with van der Waals surface area (Å²) in [6.45, 7) is 0. The SMILES string of the molecule is c1c[nH]cn1.c1ccc2c(c1)Cc1c(ccc3ccccc13)O2. The molecule has 112 valence electrons. The van der Waals surface area contributed by atoms with E-state index in [0.29, 0.717) is 0 Å². The molecule has 0 atom stereocenters. The summed E-state index contributed by atoms with van der Waals surface area (Å²) in [7, 11) is 0. The van der Waals surface area contributed by atoms with Crippen molar-refractivity contribution in [2.45, 2.75) is 6.42 Å². The van der Waals surface area contributed by atoms with Gasteiger partial charge in [-0.05, 0) is 28.5 Å². The Morgan fingerprint density at radius 1 is 0.870 bits per heavy atom. The van der Waals surface area contributed by atoms with Gasteiger partial charge in [0.1, 0.15) is 11.5 Å². The van der Waals surface area contributed by atoms with Gasteiger partial charge in [-0.1, -0.05) is 48.5 Å². The summed E-state index contributed by atoms with van der Waals surface area (Å²) in [4.78, 5) is 6.42. The summed E-state index contributed by atoms with van der Waals surface area (Å²) in [5, 5.41) is 2.57. The van der Waals surface area contributed by atoms with E-state index < -0.39 is 0 Å². The molecule has 0 bridgehead atoms. The lowest BCUT2D eigenvalue weighted by Crippen LogP contribution is -2.03. The largest absolute Gasteiger partial charge is 0.457 e. The molecule has 0 fully saturated rings. The Morgan fingerprint density at radius 2 is 1.74 bits per heavy atom. The lowest BCUT2D eigenvalue weighted by atomic mass is 9.95. The van der Waals surface area contributed by atoms with Crippen LogP contribution in [0.4, 0.5) is 0 Å². The fourth-order valence-electron chi connectivity index (χ4n) is 2.87. The number of imidazole rings is 1. The number of benzene rings is 3. The Hall–Kier alpha value is -3.07. The first-order chi connectivity index (χ1) is 11.4. The minimum atomic E-state index is 0.951. The van der Waals surface area contributed by atoms with Gasteiger partial charge in [-0.15, -0.1) is 0 Å². The average molecular weight is 300 g/mol. The zero-order valence-electron chi connectivity index (χ0n) is 12.6. The molecule has 1 aliphatic heterocycles.